The van der Waals surface area contributed by atoms with Gasteiger partial charge in [-0.2, -0.15) is 0 Å². The molecule has 5 nitrogen and oxygen atoms in total. The third-order valence-electron chi connectivity index (χ3n) is 3.76. The molecule has 0 saturated heterocycles. The number of hydrogen-bond donors (Lipinski definition) is 2. The summed E-state index contributed by atoms with van der Waals surface area (Å²) in [6, 6.07) is 12.9. The molecule has 0 bridgehead atoms. The maximum absolute atomic E-state index is 13.7. The lowest BCUT2D eigenvalue weighted by atomic mass is 10.1. The number of carbonyl (C=O) groups excluding carboxylic acids is 1. The Morgan fingerprint density at radius 1 is 1.04 bits per heavy atom. The fraction of sp³-hybridized carbons (Fsp3) is 0.100. The van der Waals surface area contributed by atoms with Crippen LogP contribution in [0.3, 0.4) is 0 Å². The number of carbonyl (C=O) groups is 1. The van der Waals surface area contributed by atoms with E-state index in [1.54, 1.807) is 12.1 Å². The lowest BCUT2D eigenvalue weighted by Crippen LogP contribution is -2.20. The summed E-state index contributed by atoms with van der Waals surface area (Å²) in [7, 11) is 0. The van der Waals surface area contributed by atoms with E-state index in [0.717, 1.165) is 24.1 Å². The SMILES string of the molecule is CCc1ccccc1Oc1ncccc1NC(=O)Nc1ccc(F)cc1F. The van der Waals surface area contributed by atoms with E-state index in [1.165, 1.54) is 6.20 Å². The van der Waals surface area contributed by atoms with Crippen LogP contribution < -0.4 is 15.4 Å². The van der Waals surface area contributed by atoms with Gasteiger partial charge in [0.15, 0.2) is 0 Å². The fourth-order valence-corrected chi connectivity index (χ4v) is 2.43. The first kappa shape index (κ1) is 18.3. The Bertz CT molecular complexity index is 963. The van der Waals surface area contributed by atoms with Gasteiger partial charge in [-0.3, -0.25) is 0 Å². The maximum Gasteiger partial charge on any atom is 0.323 e. The lowest BCUT2D eigenvalue weighted by molar-refractivity contribution is 0.262. The van der Waals surface area contributed by atoms with Gasteiger partial charge in [0, 0.05) is 12.3 Å². The van der Waals surface area contributed by atoms with Crippen LogP contribution in [0.5, 0.6) is 11.6 Å². The average Bonchev–Trinajstić information content (AvgIpc) is 2.66. The maximum atomic E-state index is 13.7. The molecule has 138 valence electrons. The van der Waals surface area contributed by atoms with E-state index in [-0.39, 0.29) is 11.6 Å². The second kappa shape index (κ2) is 8.27. The number of nitrogens with zero attached hydrogens (tertiary/aromatic N) is 1. The van der Waals surface area contributed by atoms with Crippen molar-refractivity contribution in [2.24, 2.45) is 0 Å². The first-order valence-corrected chi connectivity index (χ1v) is 8.30. The van der Waals surface area contributed by atoms with E-state index in [1.807, 2.05) is 31.2 Å². The molecule has 27 heavy (non-hydrogen) atoms. The van der Waals surface area contributed by atoms with E-state index < -0.39 is 17.7 Å². The van der Waals surface area contributed by atoms with Crippen LogP contribution in [0.2, 0.25) is 0 Å². The van der Waals surface area contributed by atoms with Crippen LogP contribution in [-0.2, 0) is 6.42 Å². The highest BCUT2D eigenvalue weighted by atomic mass is 19.1. The summed E-state index contributed by atoms with van der Waals surface area (Å²) in [5.41, 5.74) is 1.16. The third-order valence-corrected chi connectivity index (χ3v) is 3.76. The zero-order valence-electron chi connectivity index (χ0n) is 14.5. The number of benzene rings is 2. The van der Waals surface area contributed by atoms with Crippen LogP contribution in [0.4, 0.5) is 25.0 Å². The van der Waals surface area contributed by atoms with Crippen molar-refractivity contribution in [1.82, 2.24) is 4.98 Å². The molecule has 2 aromatic carbocycles. The molecule has 1 heterocycles. The molecule has 0 aliphatic heterocycles. The van der Waals surface area contributed by atoms with Crippen LogP contribution in [-0.4, -0.2) is 11.0 Å². The zero-order valence-corrected chi connectivity index (χ0v) is 14.5. The Morgan fingerprint density at radius 3 is 2.59 bits per heavy atom. The third kappa shape index (κ3) is 4.58. The summed E-state index contributed by atoms with van der Waals surface area (Å²) in [6.45, 7) is 2.00. The Kier molecular flexibility index (Phi) is 5.61. The minimum Gasteiger partial charge on any atom is -0.437 e. The number of nitrogens with one attached hydrogen (secondary N) is 2. The standard InChI is InChI=1S/C20H17F2N3O2/c1-2-13-6-3-4-8-18(13)27-19-17(7-5-11-23-19)25-20(26)24-16-10-9-14(21)12-15(16)22/h3-12H,2H2,1H3,(H2,24,25,26). The van der Waals surface area contributed by atoms with Crippen LogP contribution in [0.1, 0.15) is 12.5 Å². The summed E-state index contributed by atoms with van der Waals surface area (Å²) in [6.07, 6.45) is 2.31. The monoisotopic (exact) mass is 369 g/mol. The number of para-hydroxylation sites is 1. The van der Waals surface area contributed by atoms with Gasteiger partial charge in [0.05, 0.1) is 5.69 Å². The van der Waals surface area contributed by atoms with Gasteiger partial charge in [-0.1, -0.05) is 25.1 Å². The molecule has 0 aliphatic carbocycles. The first-order valence-electron chi connectivity index (χ1n) is 8.30. The fourth-order valence-electron chi connectivity index (χ4n) is 2.43. The number of urea groups is 1. The Balaban J connectivity index is 1.76. The molecular formula is C20H17F2N3O2. The Hall–Kier alpha value is -3.48. The average molecular weight is 369 g/mol. The minimum atomic E-state index is -0.871. The van der Waals surface area contributed by atoms with Crippen LogP contribution in [0, 0.1) is 11.6 Å². The zero-order chi connectivity index (χ0) is 19.2. The van der Waals surface area contributed by atoms with Crippen molar-refractivity contribution in [3.63, 3.8) is 0 Å². The molecule has 0 atom stereocenters. The van der Waals surface area contributed by atoms with E-state index in [0.29, 0.717) is 17.5 Å². The minimum absolute atomic E-state index is 0.142. The highest BCUT2D eigenvalue weighted by Crippen LogP contribution is 2.29. The van der Waals surface area contributed by atoms with Crippen molar-refractivity contribution in [2.45, 2.75) is 13.3 Å². The van der Waals surface area contributed by atoms with Crippen molar-refractivity contribution < 1.29 is 18.3 Å². The molecule has 0 spiro atoms. The topological polar surface area (TPSA) is 63.2 Å². The molecule has 2 amide bonds. The number of anilines is 2. The van der Waals surface area contributed by atoms with Crippen LogP contribution >= 0.6 is 0 Å². The van der Waals surface area contributed by atoms with Crippen molar-refractivity contribution in [1.29, 1.82) is 0 Å². The quantitative estimate of drug-likeness (QED) is 0.636. The van der Waals surface area contributed by atoms with Gasteiger partial charge in [0.25, 0.3) is 0 Å². The Labute approximate surface area is 155 Å². The van der Waals surface area contributed by atoms with E-state index in [4.69, 9.17) is 4.74 Å². The second-order valence-electron chi connectivity index (χ2n) is 5.62. The van der Waals surface area contributed by atoms with Gasteiger partial charge < -0.3 is 15.4 Å². The number of rotatable bonds is 5. The number of aryl methyl sites for hydroxylation is 1. The summed E-state index contributed by atoms with van der Waals surface area (Å²) < 4.78 is 32.5. The molecule has 2 N–H and O–H groups in total. The van der Waals surface area contributed by atoms with Gasteiger partial charge in [0.1, 0.15) is 23.1 Å². The van der Waals surface area contributed by atoms with Gasteiger partial charge >= 0.3 is 6.03 Å². The smallest absolute Gasteiger partial charge is 0.323 e. The van der Waals surface area contributed by atoms with Crippen LogP contribution in [0.25, 0.3) is 0 Å². The number of amides is 2. The molecule has 0 fully saturated rings. The van der Waals surface area contributed by atoms with Gasteiger partial charge in [-0.25, -0.2) is 18.6 Å². The number of halogens is 2. The highest BCUT2D eigenvalue weighted by Gasteiger charge is 2.13. The normalized spacial score (nSPS) is 10.3. The molecule has 1 aromatic heterocycles. The predicted octanol–water partition coefficient (Wildman–Crippen LogP) is 5.36. The number of ether oxygens (including phenoxy) is 1. The number of hydrogen-bond acceptors (Lipinski definition) is 3. The first-order chi connectivity index (χ1) is 13.1. The molecule has 0 unspecified atom stereocenters. The molecule has 7 heteroatoms. The molecule has 0 radical (unpaired) electrons. The molecule has 0 aliphatic rings. The van der Waals surface area contributed by atoms with Crippen molar-refractivity contribution >= 4 is 17.4 Å². The molecule has 3 aromatic rings. The second-order valence-corrected chi connectivity index (χ2v) is 5.62. The predicted molar refractivity (Wildman–Crippen MR) is 99.1 cm³/mol. The van der Waals surface area contributed by atoms with Gasteiger partial charge in [-0.05, 0) is 42.3 Å². The highest BCUT2D eigenvalue weighted by molar-refractivity contribution is 6.00. The van der Waals surface area contributed by atoms with Crippen molar-refractivity contribution in [3.05, 3.63) is 78.0 Å². The number of pyridine rings is 1. The summed E-state index contributed by atoms with van der Waals surface area (Å²) in [5.74, 6) is -0.763. The van der Waals surface area contributed by atoms with Gasteiger partial charge in [-0.15, -0.1) is 0 Å². The summed E-state index contributed by atoms with van der Waals surface area (Å²) in [5, 5.41) is 4.89. The van der Waals surface area contributed by atoms with E-state index in [2.05, 4.69) is 15.6 Å². The van der Waals surface area contributed by atoms with Crippen molar-refractivity contribution in [3.8, 4) is 11.6 Å². The lowest BCUT2D eigenvalue weighted by Gasteiger charge is -2.13. The molecule has 3 rings (SSSR count). The molecule has 0 saturated carbocycles. The Morgan fingerprint density at radius 2 is 1.81 bits per heavy atom. The van der Waals surface area contributed by atoms with Gasteiger partial charge in [0.2, 0.25) is 5.88 Å². The van der Waals surface area contributed by atoms with E-state index in [9.17, 15) is 13.6 Å². The summed E-state index contributed by atoms with van der Waals surface area (Å²) >= 11 is 0. The van der Waals surface area contributed by atoms with E-state index >= 15 is 0 Å². The van der Waals surface area contributed by atoms with Crippen molar-refractivity contribution in [2.75, 3.05) is 10.6 Å². The van der Waals surface area contributed by atoms with Crippen LogP contribution in [0.15, 0.2) is 60.8 Å². The molecular weight excluding hydrogens is 352 g/mol. The largest absolute Gasteiger partial charge is 0.437 e. The number of aromatic nitrogens is 1. The summed E-state index contributed by atoms with van der Waals surface area (Å²) in [4.78, 5) is 16.3.